The van der Waals surface area contributed by atoms with Gasteiger partial charge in [-0.1, -0.05) is 37.2 Å². The first-order valence-electron chi connectivity index (χ1n) is 6.22. The number of rotatable bonds is 3. The Morgan fingerprint density at radius 2 is 2.05 bits per heavy atom. The van der Waals surface area contributed by atoms with Crippen molar-refractivity contribution in [2.45, 2.75) is 31.2 Å². The molecule has 20 heavy (non-hydrogen) atoms. The van der Waals surface area contributed by atoms with Crippen LogP contribution in [0.2, 0.25) is 0 Å². The predicted octanol–water partition coefficient (Wildman–Crippen LogP) is 3.82. The summed E-state index contributed by atoms with van der Waals surface area (Å²) in [4.78, 5) is 12.2. The molecule has 1 atom stereocenters. The molecule has 108 valence electrons. The van der Waals surface area contributed by atoms with Gasteiger partial charge in [-0.3, -0.25) is 4.79 Å². The molecule has 1 aliphatic heterocycles. The van der Waals surface area contributed by atoms with E-state index in [0.717, 1.165) is 18.6 Å². The Morgan fingerprint density at radius 3 is 2.65 bits per heavy atom. The van der Waals surface area contributed by atoms with Crippen molar-refractivity contribution >= 4 is 23.1 Å². The minimum absolute atomic E-state index is 0.173. The molecule has 0 amide bonds. The lowest BCUT2D eigenvalue weighted by molar-refractivity contribution is -0.137. The Labute approximate surface area is 119 Å². The molecule has 0 saturated heterocycles. The molecule has 0 radical (unpaired) electrons. The van der Waals surface area contributed by atoms with Crippen LogP contribution in [0.4, 0.5) is 13.2 Å². The SMILES string of the molecule is CCCC1SC(N)=C(c2cccc(C(F)(F)F)c2)C1=O. The van der Waals surface area contributed by atoms with Crippen molar-refractivity contribution in [3.05, 3.63) is 40.4 Å². The predicted molar refractivity (Wildman–Crippen MR) is 73.8 cm³/mol. The number of hydrogen-bond donors (Lipinski definition) is 1. The summed E-state index contributed by atoms with van der Waals surface area (Å²) in [5.74, 6) is -0.173. The van der Waals surface area contributed by atoms with Crippen molar-refractivity contribution in [3.63, 3.8) is 0 Å². The second-order valence-corrected chi connectivity index (χ2v) is 5.82. The van der Waals surface area contributed by atoms with Crippen molar-refractivity contribution in [1.82, 2.24) is 0 Å². The van der Waals surface area contributed by atoms with Gasteiger partial charge in [-0.15, -0.1) is 0 Å². The fraction of sp³-hybridized carbons (Fsp3) is 0.357. The molecule has 0 fully saturated rings. The second kappa shape index (κ2) is 5.52. The van der Waals surface area contributed by atoms with Crippen LogP contribution < -0.4 is 5.73 Å². The van der Waals surface area contributed by atoms with Crippen LogP contribution in [-0.2, 0) is 11.0 Å². The van der Waals surface area contributed by atoms with Crippen LogP contribution in [0.3, 0.4) is 0 Å². The van der Waals surface area contributed by atoms with E-state index in [0.29, 0.717) is 11.4 Å². The highest BCUT2D eigenvalue weighted by Gasteiger charge is 2.35. The third-order valence-corrected chi connectivity index (χ3v) is 4.28. The molecule has 0 spiro atoms. The summed E-state index contributed by atoms with van der Waals surface area (Å²) in [6.45, 7) is 1.95. The minimum Gasteiger partial charge on any atom is -0.393 e. The third-order valence-electron chi connectivity index (χ3n) is 3.08. The third kappa shape index (κ3) is 2.85. The topological polar surface area (TPSA) is 43.1 Å². The van der Waals surface area contributed by atoms with Gasteiger partial charge in [-0.25, -0.2) is 0 Å². The Kier molecular flexibility index (Phi) is 4.13. The van der Waals surface area contributed by atoms with E-state index in [-0.39, 0.29) is 22.2 Å². The molecule has 1 aromatic rings. The Morgan fingerprint density at radius 1 is 1.35 bits per heavy atom. The number of carbonyl (C=O) groups is 1. The molecule has 0 aliphatic carbocycles. The summed E-state index contributed by atoms with van der Waals surface area (Å²) in [5.41, 5.74) is 5.52. The standard InChI is InChI=1S/C14H14F3NOS/c1-2-4-10-12(19)11(13(18)20-10)8-5-3-6-9(7-8)14(15,16)17/h3,5-7,10H,2,4,18H2,1H3. The zero-order valence-electron chi connectivity index (χ0n) is 10.8. The average molecular weight is 301 g/mol. The zero-order valence-corrected chi connectivity index (χ0v) is 11.6. The molecule has 6 heteroatoms. The quantitative estimate of drug-likeness (QED) is 0.923. The van der Waals surface area contributed by atoms with Crippen LogP contribution >= 0.6 is 11.8 Å². The average Bonchev–Trinajstić information content (AvgIpc) is 2.64. The van der Waals surface area contributed by atoms with Gasteiger partial charge in [0.2, 0.25) is 0 Å². The van der Waals surface area contributed by atoms with E-state index in [2.05, 4.69) is 0 Å². The Hall–Kier alpha value is -1.43. The number of thioether (sulfide) groups is 1. The van der Waals surface area contributed by atoms with Crippen molar-refractivity contribution in [2.75, 3.05) is 0 Å². The molecule has 1 aliphatic rings. The molecule has 0 saturated carbocycles. The number of nitrogens with two attached hydrogens (primary N) is 1. The van der Waals surface area contributed by atoms with E-state index in [1.54, 1.807) is 0 Å². The summed E-state index contributed by atoms with van der Waals surface area (Å²) >= 11 is 1.24. The summed E-state index contributed by atoms with van der Waals surface area (Å²) in [6, 6.07) is 4.75. The van der Waals surface area contributed by atoms with E-state index in [9.17, 15) is 18.0 Å². The number of benzene rings is 1. The molecule has 1 heterocycles. The van der Waals surface area contributed by atoms with Crippen LogP contribution in [0.25, 0.3) is 5.57 Å². The summed E-state index contributed by atoms with van der Waals surface area (Å²) in [5, 5.41) is 0.0392. The summed E-state index contributed by atoms with van der Waals surface area (Å²) in [7, 11) is 0. The highest BCUT2D eigenvalue weighted by molar-refractivity contribution is 8.05. The number of halogens is 3. The number of ketones is 1. The molecule has 0 bridgehead atoms. The first-order chi connectivity index (χ1) is 9.34. The largest absolute Gasteiger partial charge is 0.416 e. The Balaban J connectivity index is 2.37. The lowest BCUT2D eigenvalue weighted by Crippen LogP contribution is -2.13. The maximum Gasteiger partial charge on any atom is 0.416 e. The van der Waals surface area contributed by atoms with E-state index in [1.165, 1.54) is 23.9 Å². The first kappa shape index (κ1) is 15.0. The minimum atomic E-state index is -4.43. The van der Waals surface area contributed by atoms with Crippen LogP contribution in [-0.4, -0.2) is 11.0 Å². The maximum absolute atomic E-state index is 12.7. The van der Waals surface area contributed by atoms with Crippen LogP contribution in [0.15, 0.2) is 29.3 Å². The number of hydrogen-bond acceptors (Lipinski definition) is 3. The van der Waals surface area contributed by atoms with Crippen LogP contribution in [0.5, 0.6) is 0 Å². The van der Waals surface area contributed by atoms with Gasteiger partial charge in [-0.2, -0.15) is 13.2 Å². The van der Waals surface area contributed by atoms with Gasteiger partial charge in [0.1, 0.15) is 0 Å². The summed E-state index contributed by atoms with van der Waals surface area (Å²) in [6.07, 6.45) is -2.93. The van der Waals surface area contributed by atoms with Gasteiger partial charge < -0.3 is 5.73 Å². The highest BCUT2D eigenvalue weighted by Crippen LogP contribution is 2.40. The smallest absolute Gasteiger partial charge is 0.393 e. The van der Waals surface area contributed by atoms with E-state index in [4.69, 9.17) is 5.73 Å². The van der Waals surface area contributed by atoms with Gasteiger partial charge in [0.05, 0.1) is 21.4 Å². The number of Topliss-reactive ketones (excluding diaryl/α,β-unsaturated/α-hetero) is 1. The monoisotopic (exact) mass is 301 g/mol. The van der Waals surface area contributed by atoms with Gasteiger partial charge >= 0.3 is 6.18 Å². The number of alkyl halides is 3. The normalized spacial score (nSPS) is 19.8. The van der Waals surface area contributed by atoms with E-state index in [1.807, 2.05) is 6.92 Å². The molecule has 2 nitrogen and oxygen atoms in total. The lowest BCUT2D eigenvalue weighted by Gasteiger charge is -2.10. The fourth-order valence-electron chi connectivity index (χ4n) is 2.14. The van der Waals surface area contributed by atoms with E-state index < -0.39 is 11.7 Å². The summed E-state index contributed by atoms with van der Waals surface area (Å²) < 4.78 is 38.1. The maximum atomic E-state index is 12.7. The van der Waals surface area contributed by atoms with Gasteiger partial charge in [0, 0.05) is 0 Å². The lowest BCUT2D eigenvalue weighted by atomic mass is 9.97. The van der Waals surface area contributed by atoms with Crippen LogP contribution in [0.1, 0.15) is 30.9 Å². The molecular weight excluding hydrogens is 287 g/mol. The zero-order chi connectivity index (χ0) is 14.9. The van der Waals surface area contributed by atoms with Crippen molar-refractivity contribution < 1.29 is 18.0 Å². The molecule has 2 N–H and O–H groups in total. The Bertz CT molecular complexity index is 566. The highest BCUT2D eigenvalue weighted by atomic mass is 32.2. The van der Waals surface area contributed by atoms with E-state index >= 15 is 0 Å². The van der Waals surface area contributed by atoms with Gasteiger partial charge in [0.15, 0.2) is 5.78 Å². The molecule has 1 aromatic carbocycles. The second-order valence-electron chi connectivity index (χ2n) is 4.58. The van der Waals surface area contributed by atoms with Crippen molar-refractivity contribution in [1.29, 1.82) is 0 Å². The first-order valence-corrected chi connectivity index (χ1v) is 7.10. The van der Waals surface area contributed by atoms with Gasteiger partial charge in [0.25, 0.3) is 0 Å². The van der Waals surface area contributed by atoms with Crippen molar-refractivity contribution in [2.24, 2.45) is 5.73 Å². The fourth-order valence-corrected chi connectivity index (χ4v) is 3.36. The molecule has 1 unspecified atom stereocenters. The number of allylic oxidation sites excluding steroid dienone is 1. The van der Waals surface area contributed by atoms with Crippen molar-refractivity contribution in [3.8, 4) is 0 Å². The van der Waals surface area contributed by atoms with Gasteiger partial charge in [-0.05, 0) is 24.1 Å². The molecule has 0 aromatic heterocycles. The number of carbonyl (C=O) groups excluding carboxylic acids is 1. The molecular formula is C14H14F3NOS. The van der Waals surface area contributed by atoms with Crippen LogP contribution in [0, 0.1) is 0 Å². The molecule has 2 rings (SSSR count).